The Morgan fingerprint density at radius 1 is 1.39 bits per heavy atom. The Morgan fingerprint density at radius 2 is 2.06 bits per heavy atom. The number of benzene rings is 1. The summed E-state index contributed by atoms with van der Waals surface area (Å²) < 4.78 is 24.6. The van der Waals surface area contributed by atoms with Gasteiger partial charge in [0.2, 0.25) is 10.0 Å². The number of hydrogen-bond acceptors (Lipinski definition) is 5. The zero-order chi connectivity index (χ0) is 13.8. The van der Waals surface area contributed by atoms with Crippen molar-refractivity contribution in [3.05, 3.63) is 33.9 Å². The minimum atomic E-state index is -3.28. The Balaban J connectivity index is 2.75. The zero-order valence-electron chi connectivity index (χ0n) is 10.1. The van der Waals surface area contributed by atoms with Crippen LogP contribution in [0.1, 0.15) is 5.56 Å². The Hall–Kier alpha value is -1.67. The van der Waals surface area contributed by atoms with Crippen LogP contribution in [0, 0.1) is 17.0 Å². The van der Waals surface area contributed by atoms with E-state index in [2.05, 4.69) is 10.0 Å². The van der Waals surface area contributed by atoms with E-state index in [0.29, 0.717) is 11.3 Å². The van der Waals surface area contributed by atoms with Gasteiger partial charge in [-0.15, -0.1) is 0 Å². The molecule has 0 atom stereocenters. The molecule has 0 spiro atoms. The van der Waals surface area contributed by atoms with Gasteiger partial charge in [-0.2, -0.15) is 0 Å². The highest BCUT2D eigenvalue weighted by Crippen LogP contribution is 2.24. The summed E-state index contributed by atoms with van der Waals surface area (Å²) in [7, 11) is -1.93. The predicted octanol–water partition coefficient (Wildman–Crippen LogP) is 0.864. The fourth-order valence-corrected chi connectivity index (χ4v) is 2.01. The summed E-state index contributed by atoms with van der Waals surface area (Å²) in [6, 6.07) is 4.64. The standard InChI is InChI=1S/C10H15N3O4S/c1-8-9(4-3-5-10(8)13(14)15)12-6-7-18(16,17)11-2/h3-5,11-12H,6-7H2,1-2H3. The molecule has 0 aliphatic carbocycles. The van der Waals surface area contributed by atoms with E-state index in [1.165, 1.54) is 13.1 Å². The van der Waals surface area contributed by atoms with Crippen molar-refractivity contribution in [3.8, 4) is 0 Å². The Kier molecular flexibility index (Phi) is 4.62. The van der Waals surface area contributed by atoms with Crippen molar-refractivity contribution in [2.75, 3.05) is 24.7 Å². The van der Waals surface area contributed by atoms with Crippen molar-refractivity contribution in [3.63, 3.8) is 0 Å². The van der Waals surface area contributed by atoms with Crippen LogP contribution in [-0.2, 0) is 10.0 Å². The normalized spacial score (nSPS) is 11.2. The van der Waals surface area contributed by atoms with Crippen molar-refractivity contribution in [1.82, 2.24) is 4.72 Å². The topological polar surface area (TPSA) is 101 Å². The maximum atomic E-state index is 11.2. The molecule has 7 nitrogen and oxygen atoms in total. The molecule has 0 aliphatic rings. The Bertz CT molecular complexity index is 542. The van der Waals surface area contributed by atoms with Crippen LogP contribution in [0.2, 0.25) is 0 Å². The molecule has 8 heteroatoms. The molecule has 2 N–H and O–H groups in total. The van der Waals surface area contributed by atoms with Gasteiger partial charge < -0.3 is 5.32 Å². The van der Waals surface area contributed by atoms with Crippen molar-refractivity contribution >= 4 is 21.4 Å². The lowest BCUT2D eigenvalue weighted by Gasteiger charge is -2.09. The molecule has 0 radical (unpaired) electrons. The summed E-state index contributed by atoms with van der Waals surface area (Å²) in [5.41, 5.74) is 1.07. The van der Waals surface area contributed by atoms with E-state index in [-0.39, 0.29) is 18.0 Å². The molecule has 0 saturated carbocycles. The van der Waals surface area contributed by atoms with E-state index in [0.717, 1.165) is 0 Å². The van der Waals surface area contributed by atoms with E-state index in [4.69, 9.17) is 0 Å². The van der Waals surface area contributed by atoms with Crippen molar-refractivity contribution in [1.29, 1.82) is 0 Å². The van der Waals surface area contributed by atoms with Crippen LogP contribution in [0.3, 0.4) is 0 Å². The van der Waals surface area contributed by atoms with Gasteiger partial charge in [-0.3, -0.25) is 10.1 Å². The molecule has 100 valence electrons. The molecule has 1 aromatic carbocycles. The lowest BCUT2D eigenvalue weighted by atomic mass is 10.1. The number of nitro benzene ring substituents is 1. The van der Waals surface area contributed by atoms with Gasteiger partial charge in [-0.25, -0.2) is 13.1 Å². The minimum Gasteiger partial charge on any atom is -0.384 e. The number of nitro groups is 1. The second-order valence-electron chi connectivity index (χ2n) is 3.66. The molecule has 0 bridgehead atoms. The molecular weight excluding hydrogens is 258 g/mol. The number of anilines is 1. The van der Waals surface area contributed by atoms with Gasteiger partial charge in [-0.1, -0.05) is 6.07 Å². The third-order valence-corrected chi connectivity index (χ3v) is 3.86. The van der Waals surface area contributed by atoms with E-state index in [1.54, 1.807) is 19.1 Å². The van der Waals surface area contributed by atoms with Gasteiger partial charge in [0, 0.05) is 23.9 Å². The van der Waals surface area contributed by atoms with E-state index < -0.39 is 14.9 Å². The fraction of sp³-hybridized carbons (Fsp3) is 0.400. The van der Waals surface area contributed by atoms with Crippen LogP contribution >= 0.6 is 0 Å². The minimum absolute atomic E-state index is 0.0106. The maximum Gasteiger partial charge on any atom is 0.274 e. The molecule has 1 rings (SSSR count). The average molecular weight is 273 g/mol. The smallest absolute Gasteiger partial charge is 0.274 e. The number of rotatable bonds is 6. The summed E-state index contributed by atoms with van der Waals surface area (Å²) in [5.74, 6) is -0.0916. The van der Waals surface area contributed by atoms with Crippen LogP contribution in [0.15, 0.2) is 18.2 Å². The van der Waals surface area contributed by atoms with E-state index in [9.17, 15) is 18.5 Å². The first kappa shape index (κ1) is 14.4. The first-order valence-electron chi connectivity index (χ1n) is 5.26. The van der Waals surface area contributed by atoms with Gasteiger partial charge in [0.15, 0.2) is 0 Å². The fourth-order valence-electron chi connectivity index (χ4n) is 1.43. The number of nitrogens with one attached hydrogen (secondary N) is 2. The number of sulfonamides is 1. The quantitative estimate of drug-likeness (QED) is 0.591. The molecule has 0 fully saturated rings. The maximum absolute atomic E-state index is 11.2. The first-order valence-corrected chi connectivity index (χ1v) is 6.91. The van der Waals surface area contributed by atoms with Gasteiger partial charge in [0.25, 0.3) is 5.69 Å². The molecule has 0 saturated heterocycles. The molecule has 0 amide bonds. The molecular formula is C10H15N3O4S. The molecule has 0 aliphatic heterocycles. The second-order valence-corrected chi connectivity index (χ2v) is 5.70. The summed E-state index contributed by atoms with van der Waals surface area (Å²) in [6.07, 6.45) is 0. The summed E-state index contributed by atoms with van der Waals surface area (Å²) >= 11 is 0. The Labute approximate surface area is 105 Å². The molecule has 1 aromatic rings. The lowest BCUT2D eigenvalue weighted by Crippen LogP contribution is -2.26. The molecule has 18 heavy (non-hydrogen) atoms. The summed E-state index contributed by atoms with van der Waals surface area (Å²) in [4.78, 5) is 10.3. The SMILES string of the molecule is CNS(=O)(=O)CCNc1cccc([N+](=O)[O-])c1C. The largest absolute Gasteiger partial charge is 0.384 e. The van der Waals surface area contributed by atoms with E-state index >= 15 is 0 Å². The highest BCUT2D eigenvalue weighted by atomic mass is 32.2. The van der Waals surface area contributed by atoms with E-state index in [1.807, 2.05) is 0 Å². The summed E-state index contributed by atoms with van der Waals surface area (Å²) in [6.45, 7) is 1.80. The zero-order valence-corrected chi connectivity index (χ0v) is 11.0. The van der Waals surface area contributed by atoms with Crippen LogP contribution in [-0.4, -0.2) is 32.7 Å². The predicted molar refractivity (Wildman–Crippen MR) is 69.2 cm³/mol. The number of nitrogens with zero attached hydrogens (tertiary/aromatic N) is 1. The number of hydrogen-bond donors (Lipinski definition) is 2. The third kappa shape index (κ3) is 3.67. The second kappa shape index (κ2) is 5.78. The summed E-state index contributed by atoms with van der Waals surface area (Å²) in [5, 5.41) is 13.6. The van der Waals surface area contributed by atoms with Crippen molar-refractivity contribution in [2.45, 2.75) is 6.92 Å². The lowest BCUT2D eigenvalue weighted by molar-refractivity contribution is -0.385. The molecule has 0 unspecified atom stereocenters. The molecule has 0 aromatic heterocycles. The third-order valence-electron chi connectivity index (χ3n) is 2.50. The average Bonchev–Trinajstić information content (AvgIpc) is 2.31. The highest BCUT2D eigenvalue weighted by Gasteiger charge is 2.13. The van der Waals surface area contributed by atoms with Crippen LogP contribution < -0.4 is 10.0 Å². The van der Waals surface area contributed by atoms with Gasteiger partial charge in [0.1, 0.15) is 0 Å². The van der Waals surface area contributed by atoms with Crippen LogP contribution in [0.4, 0.5) is 11.4 Å². The van der Waals surface area contributed by atoms with Gasteiger partial charge in [-0.05, 0) is 20.0 Å². The van der Waals surface area contributed by atoms with Gasteiger partial charge >= 0.3 is 0 Å². The van der Waals surface area contributed by atoms with Crippen molar-refractivity contribution < 1.29 is 13.3 Å². The molecule has 0 heterocycles. The van der Waals surface area contributed by atoms with Gasteiger partial charge in [0.05, 0.1) is 10.7 Å². The Morgan fingerprint density at radius 3 is 2.61 bits per heavy atom. The van der Waals surface area contributed by atoms with Crippen LogP contribution in [0.5, 0.6) is 0 Å². The first-order chi connectivity index (χ1) is 8.37. The van der Waals surface area contributed by atoms with Crippen LogP contribution in [0.25, 0.3) is 0 Å². The monoisotopic (exact) mass is 273 g/mol. The highest BCUT2D eigenvalue weighted by molar-refractivity contribution is 7.89. The van der Waals surface area contributed by atoms with Crippen molar-refractivity contribution in [2.24, 2.45) is 0 Å².